The number of hydrogen-bond donors (Lipinski definition) is 1. The van der Waals surface area contributed by atoms with E-state index in [1.807, 2.05) is 0 Å². The van der Waals surface area contributed by atoms with Crippen molar-refractivity contribution in [2.24, 2.45) is 10.8 Å². The molecule has 0 aromatic heterocycles. The second-order valence-corrected chi connectivity index (χ2v) is 7.52. The first kappa shape index (κ1) is 14.0. The SMILES string of the molecule is CC(C)(C)CN1CCCNC(C(C)(C)C)C1. The van der Waals surface area contributed by atoms with Crippen molar-refractivity contribution in [3.63, 3.8) is 0 Å². The summed E-state index contributed by atoms with van der Waals surface area (Å²) in [7, 11) is 0. The van der Waals surface area contributed by atoms with Gasteiger partial charge in [0.25, 0.3) is 0 Å². The Balaban J connectivity index is 2.59. The summed E-state index contributed by atoms with van der Waals surface area (Å²) in [5.74, 6) is 0. The molecule has 0 spiro atoms. The summed E-state index contributed by atoms with van der Waals surface area (Å²) >= 11 is 0. The minimum Gasteiger partial charge on any atom is -0.312 e. The van der Waals surface area contributed by atoms with Crippen LogP contribution in [0.3, 0.4) is 0 Å². The molecule has 0 saturated carbocycles. The van der Waals surface area contributed by atoms with Gasteiger partial charge in [-0.2, -0.15) is 0 Å². The van der Waals surface area contributed by atoms with Gasteiger partial charge in [0.05, 0.1) is 0 Å². The monoisotopic (exact) mass is 226 g/mol. The Morgan fingerprint density at radius 1 is 1.12 bits per heavy atom. The van der Waals surface area contributed by atoms with Crippen LogP contribution in [0, 0.1) is 10.8 Å². The van der Waals surface area contributed by atoms with Gasteiger partial charge in [-0.05, 0) is 30.3 Å². The zero-order chi connectivity index (χ0) is 12.4. The third-order valence-corrected chi connectivity index (χ3v) is 3.23. The molecule has 0 aliphatic carbocycles. The highest BCUT2D eigenvalue weighted by molar-refractivity contribution is 4.86. The summed E-state index contributed by atoms with van der Waals surface area (Å²) in [4.78, 5) is 2.63. The Bertz CT molecular complexity index is 210. The van der Waals surface area contributed by atoms with E-state index >= 15 is 0 Å². The molecule has 0 aromatic carbocycles. The smallest absolute Gasteiger partial charge is 0.0243 e. The Labute approximate surface area is 102 Å². The maximum absolute atomic E-state index is 3.70. The lowest BCUT2D eigenvalue weighted by molar-refractivity contribution is 0.155. The zero-order valence-corrected chi connectivity index (χ0v) is 12.1. The van der Waals surface area contributed by atoms with Gasteiger partial charge >= 0.3 is 0 Å². The molecule has 1 unspecified atom stereocenters. The van der Waals surface area contributed by atoms with Crippen LogP contribution in [0.25, 0.3) is 0 Å². The van der Waals surface area contributed by atoms with Crippen LogP contribution in [0.2, 0.25) is 0 Å². The quantitative estimate of drug-likeness (QED) is 0.739. The predicted octanol–water partition coefficient (Wildman–Crippen LogP) is 2.74. The minimum absolute atomic E-state index is 0.362. The lowest BCUT2D eigenvalue weighted by atomic mass is 9.86. The predicted molar refractivity (Wildman–Crippen MR) is 71.8 cm³/mol. The van der Waals surface area contributed by atoms with Crippen LogP contribution in [-0.2, 0) is 0 Å². The first-order valence-electron chi connectivity index (χ1n) is 6.64. The summed E-state index contributed by atoms with van der Waals surface area (Å²) in [6.45, 7) is 18.8. The number of nitrogens with one attached hydrogen (secondary N) is 1. The molecule has 1 N–H and O–H groups in total. The molecule has 1 aliphatic rings. The van der Waals surface area contributed by atoms with E-state index in [2.05, 4.69) is 51.8 Å². The average molecular weight is 226 g/mol. The second-order valence-electron chi connectivity index (χ2n) is 7.52. The fraction of sp³-hybridized carbons (Fsp3) is 1.00. The van der Waals surface area contributed by atoms with Gasteiger partial charge in [0.2, 0.25) is 0 Å². The molecule has 16 heavy (non-hydrogen) atoms. The summed E-state index contributed by atoms with van der Waals surface area (Å²) in [5, 5.41) is 3.70. The molecule has 0 bridgehead atoms. The fourth-order valence-corrected chi connectivity index (χ4v) is 2.39. The molecular formula is C14H30N2. The second kappa shape index (κ2) is 5.05. The lowest BCUT2D eigenvalue weighted by Crippen LogP contribution is -2.47. The molecular weight excluding hydrogens is 196 g/mol. The molecule has 1 atom stereocenters. The minimum atomic E-state index is 0.362. The van der Waals surface area contributed by atoms with Crippen LogP contribution >= 0.6 is 0 Å². The van der Waals surface area contributed by atoms with Gasteiger partial charge in [-0.15, -0.1) is 0 Å². The van der Waals surface area contributed by atoms with E-state index in [1.54, 1.807) is 0 Å². The highest BCUT2D eigenvalue weighted by Gasteiger charge is 2.29. The molecule has 1 rings (SSSR count). The van der Waals surface area contributed by atoms with E-state index in [0.29, 0.717) is 16.9 Å². The number of rotatable bonds is 1. The molecule has 0 amide bonds. The summed E-state index contributed by atoms with van der Waals surface area (Å²) in [5.41, 5.74) is 0.771. The molecule has 1 heterocycles. The van der Waals surface area contributed by atoms with Crippen molar-refractivity contribution in [2.45, 2.75) is 54.0 Å². The highest BCUT2D eigenvalue weighted by atomic mass is 15.2. The molecule has 1 fully saturated rings. The average Bonchev–Trinajstić information content (AvgIpc) is 2.25. The normalized spacial score (nSPS) is 25.5. The maximum atomic E-state index is 3.70. The highest BCUT2D eigenvalue weighted by Crippen LogP contribution is 2.23. The van der Waals surface area contributed by atoms with Crippen LogP contribution in [0.5, 0.6) is 0 Å². The van der Waals surface area contributed by atoms with E-state index in [4.69, 9.17) is 0 Å². The molecule has 2 nitrogen and oxygen atoms in total. The van der Waals surface area contributed by atoms with Gasteiger partial charge in [0.1, 0.15) is 0 Å². The van der Waals surface area contributed by atoms with Gasteiger partial charge < -0.3 is 10.2 Å². The van der Waals surface area contributed by atoms with Crippen LogP contribution in [0.15, 0.2) is 0 Å². The largest absolute Gasteiger partial charge is 0.312 e. The van der Waals surface area contributed by atoms with Crippen molar-refractivity contribution in [3.8, 4) is 0 Å². The molecule has 0 radical (unpaired) electrons. The van der Waals surface area contributed by atoms with Crippen molar-refractivity contribution in [3.05, 3.63) is 0 Å². The summed E-state index contributed by atoms with van der Waals surface area (Å²) < 4.78 is 0. The standard InChI is InChI=1S/C14H30N2/c1-13(2,3)11-16-9-7-8-15-12(10-16)14(4,5)6/h12,15H,7-11H2,1-6H3. The fourth-order valence-electron chi connectivity index (χ4n) is 2.39. The first-order valence-corrected chi connectivity index (χ1v) is 6.64. The zero-order valence-electron chi connectivity index (χ0n) is 12.1. The Hall–Kier alpha value is -0.0800. The summed E-state index contributed by atoms with van der Waals surface area (Å²) in [6, 6.07) is 0.623. The van der Waals surface area contributed by atoms with Gasteiger partial charge in [-0.3, -0.25) is 0 Å². The van der Waals surface area contributed by atoms with Gasteiger partial charge in [0, 0.05) is 19.1 Å². The molecule has 96 valence electrons. The Morgan fingerprint density at radius 2 is 1.75 bits per heavy atom. The Morgan fingerprint density at radius 3 is 2.25 bits per heavy atom. The van der Waals surface area contributed by atoms with Crippen LogP contribution in [-0.4, -0.2) is 37.1 Å². The van der Waals surface area contributed by atoms with E-state index in [0.717, 1.165) is 0 Å². The molecule has 0 aromatic rings. The number of hydrogen-bond acceptors (Lipinski definition) is 2. The topological polar surface area (TPSA) is 15.3 Å². The molecule has 2 heteroatoms. The van der Waals surface area contributed by atoms with Crippen LogP contribution in [0.4, 0.5) is 0 Å². The van der Waals surface area contributed by atoms with E-state index in [1.165, 1.54) is 32.6 Å². The molecule has 1 saturated heterocycles. The van der Waals surface area contributed by atoms with Crippen molar-refractivity contribution in [2.75, 3.05) is 26.2 Å². The summed E-state index contributed by atoms with van der Waals surface area (Å²) in [6.07, 6.45) is 1.28. The maximum Gasteiger partial charge on any atom is 0.0243 e. The van der Waals surface area contributed by atoms with E-state index < -0.39 is 0 Å². The first-order chi connectivity index (χ1) is 7.18. The van der Waals surface area contributed by atoms with Gasteiger partial charge in [-0.1, -0.05) is 41.5 Å². The van der Waals surface area contributed by atoms with Crippen molar-refractivity contribution >= 4 is 0 Å². The number of nitrogens with zero attached hydrogens (tertiary/aromatic N) is 1. The third kappa shape index (κ3) is 4.84. The van der Waals surface area contributed by atoms with Crippen LogP contribution in [0.1, 0.15) is 48.0 Å². The Kier molecular flexibility index (Phi) is 4.42. The van der Waals surface area contributed by atoms with E-state index in [-0.39, 0.29) is 0 Å². The van der Waals surface area contributed by atoms with Crippen molar-refractivity contribution in [1.29, 1.82) is 0 Å². The lowest BCUT2D eigenvalue weighted by Gasteiger charge is -2.36. The van der Waals surface area contributed by atoms with Crippen molar-refractivity contribution < 1.29 is 0 Å². The van der Waals surface area contributed by atoms with E-state index in [9.17, 15) is 0 Å². The molecule has 1 aliphatic heterocycles. The van der Waals surface area contributed by atoms with Crippen LogP contribution < -0.4 is 5.32 Å². The van der Waals surface area contributed by atoms with Crippen molar-refractivity contribution in [1.82, 2.24) is 10.2 Å². The van der Waals surface area contributed by atoms with Gasteiger partial charge in [0.15, 0.2) is 0 Å². The third-order valence-electron chi connectivity index (χ3n) is 3.23. The van der Waals surface area contributed by atoms with Gasteiger partial charge in [-0.25, -0.2) is 0 Å².